The molecular weight excluding hydrogens is 491 g/mol. The first-order valence-electron chi connectivity index (χ1n) is 7.83. The summed E-state index contributed by atoms with van der Waals surface area (Å²) in [6.07, 6.45) is 0.995. The van der Waals surface area contributed by atoms with Crippen LogP contribution in [0.3, 0.4) is 0 Å². The maximum Gasteiger partial charge on any atom is 0.263 e. The van der Waals surface area contributed by atoms with Crippen LogP contribution >= 0.6 is 31.9 Å². The molecule has 3 rings (SSSR count). The number of hydrogen-bond acceptors (Lipinski definition) is 3. The Bertz CT molecular complexity index is 996. The summed E-state index contributed by atoms with van der Waals surface area (Å²) >= 11 is 6.41. The van der Waals surface area contributed by atoms with Crippen molar-refractivity contribution in [3.05, 3.63) is 50.7 Å². The summed E-state index contributed by atoms with van der Waals surface area (Å²) in [6.45, 7) is 2.28. The lowest BCUT2D eigenvalue weighted by molar-refractivity contribution is -0.118. The highest BCUT2D eigenvalue weighted by Gasteiger charge is 2.28. The van der Waals surface area contributed by atoms with Gasteiger partial charge in [-0.1, -0.05) is 22.9 Å². The number of hydrogen-bond donors (Lipinski definition) is 1. The molecule has 9 heteroatoms. The van der Waals surface area contributed by atoms with Crippen molar-refractivity contribution in [2.75, 3.05) is 16.2 Å². The molecule has 0 atom stereocenters. The van der Waals surface area contributed by atoms with Crippen molar-refractivity contribution in [2.45, 2.75) is 24.7 Å². The van der Waals surface area contributed by atoms with Crippen LogP contribution in [0.5, 0.6) is 0 Å². The molecule has 0 radical (unpaired) electrons. The normalized spacial score (nSPS) is 13.6. The fourth-order valence-corrected chi connectivity index (χ4v) is 5.33. The van der Waals surface area contributed by atoms with Crippen molar-refractivity contribution in [1.82, 2.24) is 0 Å². The van der Waals surface area contributed by atoms with Crippen LogP contribution in [-0.4, -0.2) is 20.9 Å². The van der Waals surface area contributed by atoms with Gasteiger partial charge in [-0.05, 0) is 58.2 Å². The van der Waals surface area contributed by atoms with Crippen LogP contribution in [0.2, 0.25) is 0 Å². The zero-order chi connectivity index (χ0) is 19.1. The monoisotopic (exact) mass is 504 g/mol. The fourth-order valence-electron chi connectivity index (χ4n) is 2.82. The average Bonchev–Trinajstić information content (AvgIpc) is 2.98. The van der Waals surface area contributed by atoms with E-state index in [1.54, 1.807) is 24.0 Å². The zero-order valence-electron chi connectivity index (χ0n) is 13.7. The molecule has 0 unspecified atom stereocenters. The third-order valence-corrected chi connectivity index (χ3v) is 6.91. The second kappa shape index (κ2) is 7.28. The number of fused-ring (bicyclic) bond motifs is 1. The molecule has 2 aromatic rings. The minimum atomic E-state index is -4.05. The van der Waals surface area contributed by atoms with Gasteiger partial charge in [0.2, 0.25) is 5.91 Å². The average molecular weight is 506 g/mol. The number of sulfonamides is 1. The lowest BCUT2D eigenvalue weighted by Gasteiger charge is -2.18. The molecular formula is C17H15Br2FN2O3S. The maximum atomic E-state index is 14.0. The number of amides is 1. The van der Waals surface area contributed by atoms with Crippen molar-refractivity contribution < 1.29 is 17.6 Å². The first-order chi connectivity index (χ1) is 12.2. The van der Waals surface area contributed by atoms with E-state index in [0.717, 1.165) is 5.56 Å². The van der Waals surface area contributed by atoms with E-state index in [4.69, 9.17) is 0 Å². The summed E-state index contributed by atoms with van der Waals surface area (Å²) in [5.74, 6) is -0.760. The van der Waals surface area contributed by atoms with E-state index in [-0.39, 0.29) is 16.5 Å². The van der Waals surface area contributed by atoms with Gasteiger partial charge in [-0.2, -0.15) is 0 Å². The van der Waals surface area contributed by atoms with Crippen LogP contribution < -0.4 is 9.62 Å². The Morgan fingerprint density at radius 3 is 2.65 bits per heavy atom. The molecule has 1 amide bonds. The summed E-state index contributed by atoms with van der Waals surface area (Å²) in [4.78, 5) is 13.6. The van der Waals surface area contributed by atoms with E-state index < -0.39 is 15.8 Å². The highest BCUT2D eigenvalue weighted by Crippen LogP contribution is 2.36. The van der Waals surface area contributed by atoms with E-state index in [0.29, 0.717) is 34.0 Å². The summed E-state index contributed by atoms with van der Waals surface area (Å²) in [5.41, 5.74) is 1.33. The van der Waals surface area contributed by atoms with Gasteiger partial charge in [0.1, 0.15) is 10.7 Å². The minimum Gasteiger partial charge on any atom is -0.312 e. The van der Waals surface area contributed by atoms with Crippen LogP contribution in [0.15, 0.2) is 44.2 Å². The van der Waals surface area contributed by atoms with Crippen molar-refractivity contribution in [2.24, 2.45) is 0 Å². The molecule has 0 aliphatic carbocycles. The second-order valence-corrected chi connectivity index (χ2v) is 9.21. The minimum absolute atomic E-state index is 0.0469. The molecule has 0 saturated heterocycles. The van der Waals surface area contributed by atoms with Crippen LogP contribution in [0, 0.1) is 5.82 Å². The third kappa shape index (κ3) is 3.65. The van der Waals surface area contributed by atoms with Crippen LogP contribution in [0.1, 0.15) is 18.9 Å². The highest BCUT2D eigenvalue weighted by atomic mass is 79.9. The first kappa shape index (κ1) is 19.3. The second-order valence-electron chi connectivity index (χ2n) is 5.79. The SMILES string of the molecule is CCC(=O)N1CCc2cc(Br)c(S(=O)(=O)Nc3ccc(Br)cc3F)cc21. The lowest BCUT2D eigenvalue weighted by Crippen LogP contribution is -2.28. The Kier molecular flexibility index (Phi) is 5.41. The first-order valence-corrected chi connectivity index (χ1v) is 10.9. The van der Waals surface area contributed by atoms with Gasteiger partial charge in [-0.15, -0.1) is 0 Å². The third-order valence-electron chi connectivity index (χ3n) is 4.10. The standard InChI is InChI=1S/C17H15Br2FN2O3S/c1-2-17(23)22-6-5-10-7-12(19)16(9-15(10)22)26(24,25)21-14-4-3-11(18)8-13(14)20/h3-4,7-9,21H,2,5-6H2,1H3. The van der Waals surface area contributed by atoms with E-state index in [9.17, 15) is 17.6 Å². The Hall–Kier alpha value is -1.45. The van der Waals surface area contributed by atoms with Gasteiger partial charge in [0.15, 0.2) is 0 Å². The smallest absolute Gasteiger partial charge is 0.263 e. The van der Waals surface area contributed by atoms with Gasteiger partial charge in [-0.25, -0.2) is 12.8 Å². The van der Waals surface area contributed by atoms with Gasteiger partial charge < -0.3 is 4.90 Å². The quantitative estimate of drug-likeness (QED) is 0.667. The Balaban J connectivity index is 2.01. The molecule has 1 heterocycles. The number of halogens is 3. The number of anilines is 2. The Morgan fingerprint density at radius 1 is 1.27 bits per heavy atom. The molecule has 1 aliphatic heterocycles. The zero-order valence-corrected chi connectivity index (χ0v) is 17.7. The van der Waals surface area contributed by atoms with Gasteiger partial charge in [0.05, 0.1) is 5.69 Å². The highest BCUT2D eigenvalue weighted by molar-refractivity contribution is 9.10. The van der Waals surface area contributed by atoms with Crippen LogP contribution in [0.25, 0.3) is 0 Å². The number of carbonyl (C=O) groups excluding carboxylic acids is 1. The molecule has 1 aliphatic rings. The summed E-state index contributed by atoms with van der Waals surface area (Å²) in [5, 5.41) is 0. The summed E-state index contributed by atoms with van der Waals surface area (Å²) < 4.78 is 42.7. The van der Waals surface area contributed by atoms with Crippen molar-refractivity contribution in [3.63, 3.8) is 0 Å². The largest absolute Gasteiger partial charge is 0.312 e. The van der Waals surface area contributed by atoms with Gasteiger partial charge >= 0.3 is 0 Å². The molecule has 5 nitrogen and oxygen atoms in total. The summed E-state index contributed by atoms with van der Waals surface area (Å²) in [6, 6.07) is 7.21. The van der Waals surface area contributed by atoms with Gasteiger partial charge in [-0.3, -0.25) is 9.52 Å². The molecule has 0 bridgehead atoms. The molecule has 1 N–H and O–H groups in total. The number of benzene rings is 2. The van der Waals surface area contributed by atoms with Crippen molar-refractivity contribution in [3.8, 4) is 0 Å². The number of nitrogens with zero attached hydrogens (tertiary/aromatic N) is 1. The molecule has 0 spiro atoms. The topological polar surface area (TPSA) is 66.5 Å². The van der Waals surface area contributed by atoms with E-state index in [1.165, 1.54) is 18.2 Å². The molecule has 2 aromatic carbocycles. The van der Waals surface area contributed by atoms with E-state index in [1.807, 2.05) is 0 Å². The van der Waals surface area contributed by atoms with Gasteiger partial charge in [0.25, 0.3) is 10.0 Å². The van der Waals surface area contributed by atoms with E-state index >= 15 is 0 Å². The molecule has 0 saturated carbocycles. The van der Waals surface area contributed by atoms with Crippen LogP contribution in [0.4, 0.5) is 15.8 Å². The van der Waals surface area contributed by atoms with E-state index in [2.05, 4.69) is 36.6 Å². The number of nitrogens with one attached hydrogen (secondary N) is 1. The van der Waals surface area contributed by atoms with Gasteiger partial charge in [0, 0.05) is 27.6 Å². The maximum absolute atomic E-state index is 14.0. The molecule has 138 valence electrons. The lowest BCUT2D eigenvalue weighted by atomic mass is 10.2. The van der Waals surface area contributed by atoms with Crippen molar-refractivity contribution in [1.29, 1.82) is 0 Å². The number of rotatable bonds is 4. The Labute approximate surface area is 167 Å². The van der Waals surface area contributed by atoms with Crippen molar-refractivity contribution >= 4 is 59.2 Å². The summed E-state index contributed by atoms with van der Waals surface area (Å²) in [7, 11) is -4.05. The molecule has 0 fully saturated rings. The predicted octanol–water partition coefficient (Wildman–Crippen LogP) is 4.45. The number of carbonyl (C=O) groups is 1. The molecule has 0 aromatic heterocycles. The van der Waals surface area contributed by atoms with Crippen LogP contribution in [-0.2, 0) is 21.2 Å². The fraction of sp³-hybridized carbons (Fsp3) is 0.235. The predicted molar refractivity (Wildman–Crippen MR) is 105 cm³/mol. The molecule has 26 heavy (non-hydrogen) atoms. The Morgan fingerprint density at radius 2 is 2.00 bits per heavy atom.